The summed E-state index contributed by atoms with van der Waals surface area (Å²) in [5, 5.41) is 8.13. The molecule has 0 radical (unpaired) electrons. The van der Waals surface area contributed by atoms with Crippen LogP contribution in [0.15, 0.2) is 67.0 Å². The number of imidazole rings is 1. The monoisotopic (exact) mass is 895 g/mol. The zero-order chi connectivity index (χ0) is 46.0. The molecule has 2 aromatic carbocycles. The first kappa shape index (κ1) is 44.3. The lowest BCUT2D eigenvalue weighted by atomic mass is 9.68. The molecule has 6 heterocycles. The molecular formula is C48H56F3N9O5. The average molecular weight is 896 g/mol. The van der Waals surface area contributed by atoms with E-state index in [0.29, 0.717) is 47.8 Å². The van der Waals surface area contributed by atoms with Crippen LogP contribution in [0.4, 0.5) is 35.2 Å². The number of amides is 2. The summed E-state index contributed by atoms with van der Waals surface area (Å²) in [5.74, 6) is -2.57. The highest BCUT2D eigenvalue weighted by atomic mass is 19.3. The van der Waals surface area contributed by atoms with Crippen LogP contribution in [0, 0.1) is 11.2 Å². The number of halogens is 3. The van der Waals surface area contributed by atoms with Crippen LogP contribution >= 0.6 is 0 Å². The standard InChI is InChI=1S/C48H56F3N9O5/c1-29(58-26-47(27-58)18-20-57(28-48(47,50)51)45(62)65-46(2,3)4)31-21-35(49)42(52-23-31)34-9-8-10-37-33(34)17-19-59(37)41-22-38(56(5)25-30-11-13-32(63-6)14-12-30)43-53-24-39(60(43)55-41)44(61)54-36-15-16-40(36)64-7/h8-14,21-24,29,36,40H,15-20,25-28H2,1-7H3,(H,54,61)/t29-,36+,40+/m0/s1. The summed E-state index contributed by atoms with van der Waals surface area (Å²) in [5.41, 5.74) is 3.73. The Balaban J connectivity index is 0.959. The van der Waals surface area contributed by atoms with E-state index in [0.717, 1.165) is 46.0 Å². The van der Waals surface area contributed by atoms with Crippen LogP contribution in [-0.4, -0.2) is 119 Å². The van der Waals surface area contributed by atoms with Gasteiger partial charge < -0.3 is 34.2 Å². The minimum atomic E-state index is -3.11. The first-order valence-electron chi connectivity index (χ1n) is 22.2. The Morgan fingerprint density at radius 1 is 1.00 bits per heavy atom. The number of rotatable bonds is 11. The highest BCUT2D eigenvalue weighted by Gasteiger charge is 2.63. The first-order chi connectivity index (χ1) is 31.0. The molecule has 2 saturated heterocycles. The number of nitrogens with one attached hydrogen (secondary N) is 1. The molecule has 344 valence electrons. The van der Waals surface area contributed by atoms with Crippen molar-refractivity contribution >= 4 is 34.8 Å². The molecule has 65 heavy (non-hydrogen) atoms. The van der Waals surface area contributed by atoms with Gasteiger partial charge in [0, 0.05) is 76.4 Å². The van der Waals surface area contributed by atoms with Crippen LogP contribution in [-0.2, 0) is 22.4 Å². The summed E-state index contributed by atoms with van der Waals surface area (Å²) in [4.78, 5) is 42.9. The van der Waals surface area contributed by atoms with Gasteiger partial charge >= 0.3 is 6.09 Å². The second kappa shape index (κ2) is 16.8. The number of likely N-dealkylation sites (tertiary alicyclic amines) is 2. The summed E-state index contributed by atoms with van der Waals surface area (Å²) < 4.78 is 65.6. The summed E-state index contributed by atoms with van der Waals surface area (Å²) in [6.07, 6.45) is 4.81. The van der Waals surface area contributed by atoms with Crippen LogP contribution in [0.25, 0.3) is 16.9 Å². The molecule has 3 atom stereocenters. The van der Waals surface area contributed by atoms with E-state index in [-0.39, 0.29) is 55.8 Å². The summed E-state index contributed by atoms with van der Waals surface area (Å²) in [7, 11) is 5.25. The lowest BCUT2D eigenvalue weighted by Gasteiger charge is -2.58. The van der Waals surface area contributed by atoms with Crippen LogP contribution in [0.1, 0.15) is 80.2 Å². The number of carbonyl (C=O) groups is 2. The molecule has 3 fully saturated rings. The average Bonchev–Trinajstić information content (AvgIpc) is 3.88. The number of aromatic nitrogens is 4. The van der Waals surface area contributed by atoms with Gasteiger partial charge in [0.25, 0.3) is 11.8 Å². The Morgan fingerprint density at radius 3 is 2.43 bits per heavy atom. The van der Waals surface area contributed by atoms with Crippen LogP contribution in [0.2, 0.25) is 0 Å². The third-order valence-electron chi connectivity index (χ3n) is 13.6. The van der Waals surface area contributed by atoms with E-state index in [9.17, 15) is 9.59 Å². The molecule has 0 bridgehead atoms. The van der Waals surface area contributed by atoms with Crippen molar-refractivity contribution in [1.82, 2.24) is 34.7 Å². The summed E-state index contributed by atoms with van der Waals surface area (Å²) in [6.45, 7) is 7.80. The smallest absolute Gasteiger partial charge is 0.410 e. The van der Waals surface area contributed by atoms with Crippen molar-refractivity contribution in [2.24, 2.45) is 5.41 Å². The van der Waals surface area contributed by atoms with Gasteiger partial charge in [0.15, 0.2) is 17.2 Å². The Hall–Kier alpha value is -5.94. The van der Waals surface area contributed by atoms with Crippen molar-refractivity contribution in [2.45, 2.75) is 89.6 Å². The zero-order valence-corrected chi connectivity index (χ0v) is 37.9. The number of piperidine rings is 1. The fourth-order valence-electron chi connectivity index (χ4n) is 9.64. The second-order valence-corrected chi connectivity index (χ2v) is 18.9. The Labute approximate surface area is 376 Å². The summed E-state index contributed by atoms with van der Waals surface area (Å²) >= 11 is 0. The van der Waals surface area contributed by atoms with Gasteiger partial charge in [-0.05, 0) is 94.3 Å². The number of hydrogen-bond donors (Lipinski definition) is 1. The van der Waals surface area contributed by atoms with E-state index >= 15 is 13.2 Å². The van der Waals surface area contributed by atoms with Crippen LogP contribution in [0.3, 0.4) is 0 Å². The van der Waals surface area contributed by atoms with Crippen molar-refractivity contribution < 1.29 is 37.0 Å². The number of nitrogens with zero attached hydrogens (tertiary/aromatic N) is 8. The molecule has 1 spiro atoms. The number of benzene rings is 2. The van der Waals surface area contributed by atoms with Crippen LogP contribution < -0.4 is 19.9 Å². The SMILES string of the molecule is COc1ccc(CN(C)c2cc(N3CCc4c(-c5ncc([C@H](C)N6CC7(CCN(C(=O)OC(C)(C)C)CC7(F)F)C6)cc5F)cccc43)nn3c(C(=O)N[C@@H]4CC[C@H]4OC)cnc23)cc1. The maximum absolute atomic E-state index is 16.3. The normalized spacial score (nSPS) is 20.5. The number of hydrogen-bond acceptors (Lipinski definition) is 11. The van der Waals surface area contributed by atoms with E-state index in [1.807, 2.05) is 67.4 Å². The Bertz CT molecular complexity index is 2610. The molecule has 1 aliphatic carbocycles. The third kappa shape index (κ3) is 8.21. The van der Waals surface area contributed by atoms with Gasteiger partial charge in [-0.2, -0.15) is 0 Å². The van der Waals surface area contributed by atoms with Gasteiger partial charge in [-0.3, -0.25) is 14.7 Å². The highest BCUT2D eigenvalue weighted by Crippen LogP contribution is 2.52. The molecule has 1 N–H and O–H groups in total. The molecule has 4 aliphatic rings. The van der Waals surface area contributed by atoms with E-state index in [2.05, 4.69) is 20.1 Å². The lowest BCUT2D eigenvalue weighted by molar-refractivity contribution is -0.227. The minimum Gasteiger partial charge on any atom is -0.497 e. The molecular weight excluding hydrogens is 840 g/mol. The molecule has 0 unspecified atom stereocenters. The number of carbonyl (C=O) groups excluding carboxylic acids is 2. The number of anilines is 3. The maximum Gasteiger partial charge on any atom is 0.410 e. The molecule has 5 aromatic rings. The van der Waals surface area contributed by atoms with Crippen molar-refractivity contribution in [3.8, 4) is 17.0 Å². The molecule has 3 aromatic heterocycles. The van der Waals surface area contributed by atoms with Gasteiger partial charge in [-0.15, -0.1) is 5.10 Å². The van der Waals surface area contributed by atoms with Gasteiger partial charge in [-0.25, -0.2) is 27.5 Å². The Kier molecular flexibility index (Phi) is 11.4. The number of pyridine rings is 1. The number of fused-ring (bicyclic) bond motifs is 2. The van der Waals surface area contributed by atoms with Crippen LogP contribution in [0.5, 0.6) is 5.75 Å². The highest BCUT2D eigenvalue weighted by molar-refractivity contribution is 5.94. The van der Waals surface area contributed by atoms with Gasteiger partial charge in [0.2, 0.25) is 0 Å². The largest absolute Gasteiger partial charge is 0.497 e. The number of methoxy groups -OCH3 is 2. The van der Waals surface area contributed by atoms with Crippen molar-refractivity contribution in [3.05, 3.63) is 95.2 Å². The first-order valence-corrected chi connectivity index (χ1v) is 22.2. The zero-order valence-electron chi connectivity index (χ0n) is 37.9. The predicted octanol–water partition coefficient (Wildman–Crippen LogP) is 7.82. The van der Waals surface area contributed by atoms with E-state index in [1.165, 1.54) is 6.07 Å². The molecule has 2 amide bonds. The van der Waals surface area contributed by atoms with Crippen molar-refractivity contribution in [2.75, 3.05) is 63.8 Å². The molecule has 1 saturated carbocycles. The third-order valence-corrected chi connectivity index (χ3v) is 13.6. The molecule has 9 rings (SSSR count). The predicted molar refractivity (Wildman–Crippen MR) is 240 cm³/mol. The van der Waals surface area contributed by atoms with Crippen molar-refractivity contribution in [1.29, 1.82) is 0 Å². The molecule has 17 heteroatoms. The fraction of sp³-hybridized carbons (Fsp3) is 0.479. The maximum atomic E-state index is 16.3. The molecule has 14 nitrogen and oxygen atoms in total. The van der Waals surface area contributed by atoms with Gasteiger partial charge in [0.1, 0.15) is 22.9 Å². The topological polar surface area (TPSA) is 130 Å². The second-order valence-electron chi connectivity index (χ2n) is 18.9. The van der Waals surface area contributed by atoms with Gasteiger partial charge in [-0.1, -0.05) is 24.3 Å². The minimum absolute atomic E-state index is 0.0470. The van der Waals surface area contributed by atoms with E-state index in [4.69, 9.17) is 24.3 Å². The summed E-state index contributed by atoms with van der Waals surface area (Å²) in [6, 6.07) is 16.5. The lowest BCUT2D eigenvalue weighted by Crippen LogP contribution is -2.70. The van der Waals surface area contributed by atoms with E-state index in [1.54, 1.807) is 51.9 Å². The molecule has 3 aliphatic heterocycles. The van der Waals surface area contributed by atoms with Gasteiger partial charge in [0.05, 0.1) is 43.1 Å². The number of alkyl halides is 2. The van der Waals surface area contributed by atoms with Crippen molar-refractivity contribution in [3.63, 3.8) is 0 Å². The fourth-order valence-corrected chi connectivity index (χ4v) is 9.64. The van der Waals surface area contributed by atoms with E-state index < -0.39 is 35.4 Å². The number of ether oxygens (including phenoxy) is 3. The Morgan fingerprint density at radius 2 is 1.77 bits per heavy atom. The quantitative estimate of drug-likeness (QED) is 0.139.